The molecule has 174 valence electrons. The Morgan fingerprint density at radius 2 is 1.74 bits per heavy atom. The third-order valence-electron chi connectivity index (χ3n) is 6.28. The first-order valence-corrected chi connectivity index (χ1v) is 11.6. The van der Waals surface area contributed by atoms with Gasteiger partial charge in [-0.2, -0.15) is 0 Å². The lowest BCUT2D eigenvalue weighted by Crippen LogP contribution is -2.46. The van der Waals surface area contributed by atoms with E-state index in [2.05, 4.69) is 38.6 Å². The number of hydrogen-bond acceptors (Lipinski definition) is 5. The van der Waals surface area contributed by atoms with Crippen molar-refractivity contribution in [3.8, 4) is 5.75 Å². The molecule has 2 aliphatic rings. The van der Waals surface area contributed by atoms with Crippen molar-refractivity contribution >= 4 is 28.9 Å². The zero-order valence-corrected chi connectivity index (χ0v) is 19.2. The minimum Gasteiger partial charge on any atom is -0.479 e. The van der Waals surface area contributed by atoms with Crippen LogP contribution in [0, 0.1) is 0 Å². The molecule has 3 aromatic rings. The smallest absolute Gasteiger partial charge is 0.265 e. The highest BCUT2D eigenvalue weighted by Crippen LogP contribution is 2.31. The molecule has 1 saturated heterocycles. The van der Waals surface area contributed by atoms with Crippen LogP contribution in [0.15, 0.2) is 72.8 Å². The molecule has 1 unspecified atom stereocenters. The number of hydrogen-bond donors (Lipinski definition) is 2. The summed E-state index contributed by atoms with van der Waals surface area (Å²) in [5.41, 5.74) is 4.49. The van der Waals surface area contributed by atoms with Gasteiger partial charge in [0.2, 0.25) is 0 Å². The van der Waals surface area contributed by atoms with E-state index in [1.54, 1.807) is 19.1 Å². The van der Waals surface area contributed by atoms with E-state index in [0.29, 0.717) is 5.56 Å². The van der Waals surface area contributed by atoms with E-state index >= 15 is 0 Å². The van der Waals surface area contributed by atoms with Crippen LogP contribution in [0.2, 0.25) is 0 Å². The zero-order valence-electron chi connectivity index (χ0n) is 19.2. The molecule has 2 amide bonds. The Kier molecular flexibility index (Phi) is 6.18. The molecule has 0 radical (unpaired) electrons. The number of amides is 2. The van der Waals surface area contributed by atoms with Crippen molar-refractivity contribution in [2.75, 3.05) is 41.7 Å². The molecule has 0 spiro atoms. The first-order chi connectivity index (χ1) is 16.5. The average Bonchev–Trinajstić information content (AvgIpc) is 2.86. The summed E-state index contributed by atoms with van der Waals surface area (Å²) in [6.45, 7) is 6.33. The lowest BCUT2D eigenvalue weighted by molar-refractivity contribution is -0.122. The summed E-state index contributed by atoms with van der Waals surface area (Å²) in [6.07, 6.45) is -0.458. The SMILES string of the molecule is CC1Oc2ccc(CN3CCN(c4ccc(NC(=O)c5ccccc5)cc4)CC3)cc2NC1=O. The largest absolute Gasteiger partial charge is 0.479 e. The second kappa shape index (κ2) is 9.57. The topological polar surface area (TPSA) is 73.9 Å². The highest BCUT2D eigenvalue weighted by molar-refractivity contribution is 6.04. The molecular weight excluding hydrogens is 428 g/mol. The van der Waals surface area contributed by atoms with Gasteiger partial charge in [0.1, 0.15) is 5.75 Å². The number of nitrogens with zero attached hydrogens (tertiary/aromatic N) is 2. The first kappa shape index (κ1) is 22.0. The summed E-state index contributed by atoms with van der Waals surface area (Å²) in [7, 11) is 0. The normalized spacial score (nSPS) is 18.0. The molecule has 34 heavy (non-hydrogen) atoms. The van der Waals surface area contributed by atoms with E-state index in [9.17, 15) is 9.59 Å². The van der Waals surface area contributed by atoms with E-state index in [1.165, 1.54) is 0 Å². The number of carbonyl (C=O) groups is 2. The molecule has 2 aliphatic heterocycles. The molecule has 1 fully saturated rings. The van der Waals surface area contributed by atoms with E-state index in [-0.39, 0.29) is 11.8 Å². The number of carbonyl (C=O) groups excluding carboxylic acids is 2. The van der Waals surface area contributed by atoms with Gasteiger partial charge in [0.15, 0.2) is 6.10 Å². The van der Waals surface area contributed by atoms with Crippen molar-refractivity contribution in [1.82, 2.24) is 4.90 Å². The van der Waals surface area contributed by atoms with E-state index in [4.69, 9.17) is 4.74 Å². The Hall–Kier alpha value is -3.84. The average molecular weight is 457 g/mol. The Morgan fingerprint density at radius 1 is 1.00 bits per heavy atom. The predicted octanol–water partition coefficient (Wildman–Crippen LogP) is 3.98. The van der Waals surface area contributed by atoms with Gasteiger partial charge in [-0.1, -0.05) is 24.3 Å². The Labute approximate surface area is 199 Å². The van der Waals surface area contributed by atoms with Gasteiger partial charge in [-0.25, -0.2) is 0 Å². The number of piperazine rings is 1. The van der Waals surface area contributed by atoms with Crippen molar-refractivity contribution in [3.63, 3.8) is 0 Å². The van der Waals surface area contributed by atoms with Crippen LogP contribution in [0.25, 0.3) is 0 Å². The molecule has 7 nitrogen and oxygen atoms in total. The maximum atomic E-state index is 12.3. The van der Waals surface area contributed by atoms with Gasteiger partial charge in [0.05, 0.1) is 5.69 Å². The number of rotatable bonds is 5. The number of anilines is 3. The van der Waals surface area contributed by atoms with Crippen molar-refractivity contribution in [2.45, 2.75) is 19.6 Å². The number of ether oxygens (including phenoxy) is 1. The standard InChI is InChI=1S/C27H28N4O3/c1-19-26(32)29-24-17-20(7-12-25(24)34-19)18-30-13-15-31(16-14-30)23-10-8-22(9-11-23)28-27(33)21-5-3-2-4-6-21/h2-12,17,19H,13-16,18H2,1H3,(H,28,33)(H,29,32). The molecular formula is C27H28N4O3. The highest BCUT2D eigenvalue weighted by Gasteiger charge is 2.24. The van der Waals surface area contributed by atoms with Crippen molar-refractivity contribution in [1.29, 1.82) is 0 Å². The second-order valence-corrected chi connectivity index (χ2v) is 8.71. The van der Waals surface area contributed by atoms with Gasteiger partial charge >= 0.3 is 0 Å². The molecule has 5 rings (SSSR count). The Balaban J connectivity index is 1.14. The van der Waals surface area contributed by atoms with Crippen molar-refractivity contribution < 1.29 is 14.3 Å². The lowest BCUT2D eigenvalue weighted by atomic mass is 10.1. The van der Waals surface area contributed by atoms with Crippen molar-refractivity contribution in [2.24, 2.45) is 0 Å². The Bertz CT molecular complexity index is 1170. The third kappa shape index (κ3) is 4.89. The molecule has 7 heteroatoms. The van der Waals surface area contributed by atoms with E-state index < -0.39 is 6.10 Å². The minimum absolute atomic E-state index is 0.107. The molecule has 0 saturated carbocycles. The predicted molar refractivity (Wildman–Crippen MR) is 133 cm³/mol. The summed E-state index contributed by atoms with van der Waals surface area (Å²) >= 11 is 0. The fraction of sp³-hybridized carbons (Fsp3) is 0.259. The number of benzene rings is 3. The molecule has 0 bridgehead atoms. The van der Waals surface area contributed by atoms with Gasteiger partial charge < -0.3 is 20.3 Å². The molecule has 3 aromatic carbocycles. The first-order valence-electron chi connectivity index (χ1n) is 11.6. The van der Waals surface area contributed by atoms with Gasteiger partial charge in [0, 0.05) is 49.7 Å². The summed E-state index contributed by atoms with van der Waals surface area (Å²) < 4.78 is 5.65. The van der Waals surface area contributed by atoms with Gasteiger partial charge in [-0.05, 0) is 61.0 Å². The summed E-state index contributed by atoms with van der Waals surface area (Å²) in [4.78, 5) is 29.0. The van der Waals surface area contributed by atoms with Crippen LogP contribution >= 0.6 is 0 Å². The van der Waals surface area contributed by atoms with Crippen LogP contribution in [-0.4, -0.2) is 49.0 Å². The molecule has 1 atom stereocenters. The van der Waals surface area contributed by atoms with E-state index in [0.717, 1.165) is 61.1 Å². The van der Waals surface area contributed by atoms with Crippen LogP contribution in [0.1, 0.15) is 22.8 Å². The fourth-order valence-corrected chi connectivity index (χ4v) is 4.33. The second-order valence-electron chi connectivity index (χ2n) is 8.71. The maximum absolute atomic E-state index is 12.3. The molecule has 2 heterocycles. The van der Waals surface area contributed by atoms with Gasteiger partial charge in [-0.15, -0.1) is 0 Å². The third-order valence-corrected chi connectivity index (χ3v) is 6.28. The fourth-order valence-electron chi connectivity index (χ4n) is 4.33. The van der Waals surface area contributed by atoms with E-state index in [1.807, 2.05) is 42.5 Å². The van der Waals surface area contributed by atoms with Gasteiger partial charge in [-0.3, -0.25) is 14.5 Å². The monoisotopic (exact) mass is 456 g/mol. The van der Waals surface area contributed by atoms with Crippen LogP contribution in [0.3, 0.4) is 0 Å². The summed E-state index contributed by atoms with van der Waals surface area (Å²) in [5.74, 6) is 0.512. The molecule has 0 aliphatic carbocycles. The van der Waals surface area contributed by atoms with Crippen LogP contribution in [0.5, 0.6) is 5.75 Å². The quantitative estimate of drug-likeness (QED) is 0.608. The zero-order chi connectivity index (χ0) is 23.5. The highest BCUT2D eigenvalue weighted by atomic mass is 16.5. The number of nitrogens with one attached hydrogen (secondary N) is 2. The molecule has 2 N–H and O–H groups in total. The van der Waals surface area contributed by atoms with Crippen molar-refractivity contribution in [3.05, 3.63) is 83.9 Å². The van der Waals surface area contributed by atoms with Crippen LogP contribution < -0.4 is 20.3 Å². The van der Waals surface area contributed by atoms with Gasteiger partial charge in [0.25, 0.3) is 11.8 Å². The minimum atomic E-state index is -0.458. The van der Waals surface area contributed by atoms with Crippen LogP contribution in [0.4, 0.5) is 17.1 Å². The summed E-state index contributed by atoms with van der Waals surface area (Å²) in [5, 5.41) is 5.87. The summed E-state index contributed by atoms with van der Waals surface area (Å²) in [6, 6.07) is 23.3. The molecule has 0 aromatic heterocycles. The lowest BCUT2D eigenvalue weighted by Gasteiger charge is -2.36. The van der Waals surface area contributed by atoms with Crippen LogP contribution in [-0.2, 0) is 11.3 Å². The number of fused-ring (bicyclic) bond motifs is 1. The maximum Gasteiger partial charge on any atom is 0.265 e. The Morgan fingerprint density at radius 3 is 2.47 bits per heavy atom.